The first kappa shape index (κ1) is 13.2. The molecule has 0 saturated carbocycles. The molecule has 5 heteroatoms. The molecule has 0 aliphatic heterocycles. The summed E-state index contributed by atoms with van der Waals surface area (Å²) in [5.41, 5.74) is 4.74. The van der Waals surface area contributed by atoms with Crippen molar-refractivity contribution in [1.29, 1.82) is 0 Å². The molecule has 17 heavy (non-hydrogen) atoms. The van der Waals surface area contributed by atoms with Crippen molar-refractivity contribution >= 4 is 11.8 Å². The molecule has 92 valence electrons. The first-order chi connectivity index (χ1) is 7.79. The van der Waals surface area contributed by atoms with E-state index in [-0.39, 0.29) is 5.69 Å². The molecule has 0 unspecified atom stereocenters. The number of alkyl halides is 3. The van der Waals surface area contributed by atoms with Crippen molar-refractivity contribution in [2.24, 2.45) is 0 Å². The first-order valence-corrected chi connectivity index (χ1v) is 4.77. The third-order valence-corrected chi connectivity index (χ3v) is 2.36. The zero-order valence-corrected chi connectivity index (χ0v) is 9.17. The molecule has 3 N–H and O–H groups in total. The number of benzene rings is 1. The highest BCUT2D eigenvalue weighted by molar-refractivity contribution is 5.71. The van der Waals surface area contributed by atoms with Gasteiger partial charge in [-0.05, 0) is 24.1 Å². The maximum atomic E-state index is 12.6. The Bertz CT molecular complexity index is 476. The zero-order valence-electron chi connectivity index (χ0n) is 9.17. The number of hydrogen-bond donors (Lipinski definition) is 2. The van der Waals surface area contributed by atoms with E-state index in [1.54, 1.807) is 0 Å². The molecule has 0 aromatic heterocycles. The average molecular weight is 243 g/mol. The molecule has 0 heterocycles. The maximum Gasteiger partial charge on any atom is 0.420 e. The Balaban J connectivity index is 3.50. The highest BCUT2D eigenvalue weighted by atomic mass is 19.4. The number of rotatable bonds is 2. The molecule has 1 aromatic carbocycles. The largest absolute Gasteiger partial charge is 0.505 e. The van der Waals surface area contributed by atoms with Crippen molar-refractivity contribution in [3.8, 4) is 5.75 Å². The van der Waals surface area contributed by atoms with Crippen LogP contribution in [0.25, 0.3) is 6.08 Å². The lowest BCUT2D eigenvalue weighted by molar-refractivity contribution is -0.138. The lowest BCUT2D eigenvalue weighted by atomic mass is 10.0. The molecule has 0 amide bonds. The van der Waals surface area contributed by atoms with Crippen molar-refractivity contribution in [1.82, 2.24) is 0 Å². The standard InChI is InChI=1S/C12H12F3NO/c1-3-4-5-8-6-9(12(13,14)15)11(17)10(16)7(8)2/h3-6,17H,1,16H2,2H3. The van der Waals surface area contributed by atoms with Crippen molar-refractivity contribution < 1.29 is 18.3 Å². The molecule has 2 nitrogen and oxygen atoms in total. The minimum Gasteiger partial charge on any atom is -0.505 e. The molecular formula is C12H12F3NO. The summed E-state index contributed by atoms with van der Waals surface area (Å²) in [5, 5.41) is 9.37. The van der Waals surface area contributed by atoms with Gasteiger partial charge in [0.05, 0.1) is 11.3 Å². The molecule has 0 bridgehead atoms. The number of phenolic OH excluding ortho intramolecular Hbond substituents is 1. The van der Waals surface area contributed by atoms with Crippen LogP contribution in [0.3, 0.4) is 0 Å². The Kier molecular flexibility index (Phi) is 3.50. The number of nitrogen functional groups attached to an aromatic ring is 1. The molecule has 0 saturated heterocycles. The molecular weight excluding hydrogens is 231 g/mol. The fourth-order valence-electron chi connectivity index (χ4n) is 1.37. The second kappa shape index (κ2) is 4.53. The second-order valence-electron chi connectivity index (χ2n) is 3.49. The molecule has 0 aliphatic rings. The molecule has 0 atom stereocenters. The Morgan fingerprint density at radius 1 is 1.41 bits per heavy atom. The van der Waals surface area contributed by atoms with E-state index in [4.69, 9.17) is 5.73 Å². The summed E-state index contributed by atoms with van der Waals surface area (Å²) in [7, 11) is 0. The molecule has 1 rings (SSSR count). The minimum atomic E-state index is -4.64. The van der Waals surface area contributed by atoms with Crippen LogP contribution >= 0.6 is 0 Å². The van der Waals surface area contributed by atoms with Gasteiger partial charge in [-0.15, -0.1) is 0 Å². The average Bonchev–Trinajstić information content (AvgIpc) is 2.23. The summed E-state index contributed by atoms with van der Waals surface area (Å²) >= 11 is 0. The van der Waals surface area contributed by atoms with Gasteiger partial charge in [0.1, 0.15) is 0 Å². The Hall–Kier alpha value is -1.91. The second-order valence-corrected chi connectivity index (χ2v) is 3.49. The molecule has 0 fully saturated rings. The van der Waals surface area contributed by atoms with Gasteiger partial charge < -0.3 is 10.8 Å². The van der Waals surface area contributed by atoms with Crippen LogP contribution in [0.15, 0.2) is 24.8 Å². The maximum absolute atomic E-state index is 12.6. The topological polar surface area (TPSA) is 46.2 Å². The Morgan fingerprint density at radius 3 is 2.47 bits per heavy atom. The molecule has 1 aromatic rings. The molecule has 0 spiro atoms. The van der Waals surface area contributed by atoms with Gasteiger partial charge >= 0.3 is 6.18 Å². The summed E-state index contributed by atoms with van der Waals surface area (Å²) in [6, 6.07) is 0.862. The van der Waals surface area contributed by atoms with Crippen molar-refractivity contribution in [3.63, 3.8) is 0 Å². The third-order valence-electron chi connectivity index (χ3n) is 2.36. The van der Waals surface area contributed by atoms with E-state index in [1.165, 1.54) is 25.2 Å². The first-order valence-electron chi connectivity index (χ1n) is 4.77. The number of halogens is 3. The minimum absolute atomic E-state index is 0.261. The third kappa shape index (κ3) is 2.61. The SMILES string of the molecule is C=CC=Cc1cc(C(F)(F)F)c(O)c(N)c1C. The van der Waals surface area contributed by atoms with Crippen molar-refractivity contribution in [2.75, 3.05) is 5.73 Å². The van der Waals surface area contributed by atoms with E-state index >= 15 is 0 Å². The molecule has 0 radical (unpaired) electrons. The van der Waals surface area contributed by atoms with Crippen molar-refractivity contribution in [3.05, 3.63) is 41.5 Å². The normalized spacial score (nSPS) is 12.0. The summed E-state index contributed by atoms with van der Waals surface area (Å²) in [5.74, 6) is -0.925. The van der Waals surface area contributed by atoms with E-state index in [0.29, 0.717) is 11.1 Å². The van der Waals surface area contributed by atoms with E-state index in [9.17, 15) is 18.3 Å². The highest BCUT2D eigenvalue weighted by Crippen LogP contribution is 2.41. The quantitative estimate of drug-likeness (QED) is 0.474. The van der Waals surface area contributed by atoms with Gasteiger partial charge in [0.15, 0.2) is 5.75 Å². The smallest absolute Gasteiger partial charge is 0.420 e. The number of phenols is 1. The van der Waals surface area contributed by atoms with Gasteiger partial charge in [-0.25, -0.2) is 0 Å². The lowest BCUT2D eigenvalue weighted by Gasteiger charge is -2.14. The van der Waals surface area contributed by atoms with Gasteiger partial charge in [0.2, 0.25) is 0 Å². The van der Waals surface area contributed by atoms with E-state index in [0.717, 1.165) is 6.07 Å². The molecule has 0 aliphatic carbocycles. The number of nitrogens with two attached hydrogens (primary N) is 1. The number of aromatic hydroxyl groups is 1. The van der Waals surface area contributed by atoms with Crippen LogP contribution in [-0.2, 0) is 6.18 Å². The lowest BCUT2D eigenvalue weighted by Crippen LogP contribution is -2.08. The van der Waals surface area contributed by atoms with Crippen LogP contribution in [0.2, 0.25) is 0 Å². The van der Waals surface area contributed by atoms with Crippen LogP contribution in [0, 0.1) is 6.92 Å². The van der Waals surface area contributed by atoms with Crippen LogP contribution in [0.5, 0.6) is 5.75 Å². The zero-order chi connectivity index (χ0) is 13.2. The number of anilines is 1. The Labute approximate surface area is 96.9 Å². The fourth-order valence-corrected chi connectivity index (χ4v) is 1.37. The fraction of sp³-hybridized carbons (Fsp3) is 0.167. The van der Waals surface area contributed by atoms with Gasteiger partial charge in [0, 0.05) is 0 Å². The van der Waals surface area contributed by atoms with Crippen LogP contribution in [0.1, 0.15) is 16.7 Å². The van der Waals surface area contributed by atoms with Crippen LogP contribution < -0.4 is 5.73 Å². The summed E-state index contributed by atoms with van der Waals surface area (Å²) in [6.45, 7) is 4.97. The van der Waals surface area contributed by atoms with E-state index in [2.05, 4.69) is 6.58 Å². The number of hydrogen-bond acceptors (Lipinski definition) is 2. The van der Waals surface area contributed by atoms with Crippen molar-refractivity contribution in [2.45, 2.75) is 13.1 Å². The van der Waals surface area contributed by atoms with Gasteiger partial charge in [-0.1, -0.05) is 24.8 Å². The van der Waals surface area contributed by atoms with Crippen LogP contribution in [-0.4, -0.2) is 5.11 Å². The number of allylic oxidation sites excluding steroid dienone is 2. The Morgan fingerprint density at radius 2 is 2.00 bits per heavy atom. The predicted molar refractivity (Wildman–Crippen MR) is 61.5 cm³/mol. The predicted octanol–water partition coefficient (Wildman–Crippen LogP) is 3.50. The van der Waals surface area contributed by atoms with E-state index in [1.807, 2.05) is 0 Å². The highest BCUT2D eigenvalue weighted by Gasteiger charge is 2.35. The van der Waals surface area contributed by atoms with E-state index < -0.39 is 17.5 Å². The van der Waals surface area contributed by atoms with Gasteiger partial charge in [0.25, 0.3) is 0 Å². The van der Waals surface area contributed by atoms with Crippen LogP contribution in [0.4, 0.5) is 18.9 Å². The van der Waals surface area contributed by atoms with Gasteiger partial charge in [-0.3, -0.25) is 0 Å². The summed E-state index contributed by atoms with van der Waals surface area (Å²) < 4.78 is 37.8. The van der Waals surface area contributed by atoms with Gasteiger partial charge in [-0.2, -0.15) is 13.2 Å². The summed E-state index contributed by atoms with van der Waals surface area (Å²) in [6.07, 6.45) is -0.245. The summed E-state index contributed by atoms with van der Waals surface area (Å²) in [4.78, 5) is 0. The monoisotopic (exact) mass is 243 g/mol.